The highest BCUT2D eigenvalue weighted by molar-refractivity contribution is 5.96. The van der Waals surface area contributed by atoms with Crippen LogP contribution in [0.2, 0.25) is 0 Å². The van der Waals surface area contributed by atoms with E-state index < -0.39 is 11.5 Å². The van der Waals surface area contributed by atoms with Crippen LogP contribution in [-0.2, 0) is 19.1 Å². The number of methoxy groups -OCH3 is 1. The van der Waals surface area contributed by atoms with Crippen LogP contribution in [0.4, 0.5) is 0 Å². The van der Waals surface area contributed by atoms with Crippen LogP contribution in [0.3, 0.4) is 0 Å². The van der Waals surface area contributed by atoms with E-state index in [1.54, 1.807) is 0 Å². The van der Waals surface area contributed by atoms with Crippen molar-refractivity contribution < 1.29 is 19.1 Å². The van der Waals surface area contributed by atoms with E-state index in [-0.39, 0.29) is 68.3 Å². The number of hydrogen-bond acceptors (Lipinski definition) is 5. The number of esters is 1. The maximum atomic E-state index is 14.7. The Morgan fingerprint density at radius 3 is 2.20 bits per heavy atom. The lowest BCUT2D eigenvalue weighted by atomic mass is 9.33. The Kier molecular flexibility index (Phi) is 7.29. The van der Waals surface area contributed by atoms with Crippen LogP contribution in [0, 0.1) is 56.2 Å². The average molecular weight is 602 g/mol. The molecule has 240 valence electrons. The summed E-state index contributed by atoms with van der Waals surface area (Å²) in [7, 11) is 1.50. The van der Waals surface area contributed by atoms with Gasteiger partial charge in [-0.3, -0.25) is 14.4 Å². The first-order valence-electron chi connectivity index (χ1n) is 17.2. The summed E-state index contributed by atoms with van der Waals surface area (Å²) < 4.78 is 5.29. The van der Waals surface area contributed by atoms with Gasteiger partial charge in [0.25, 0.3) is 0 Å². The van der Waals surface area contributed by atoms with Crippen molar-refractivity contribution in [2.45, 2.75) is 112 Å². The number of ether oxygens (including phenoxy) is 1. The first kappa shape index (κ1) is 31.7. The number of fused-ring (bicyclic) bond motifs is 7. The molecule has 5 aliphatic rings. The molecule has 1 aromatic rings. The second kappa shape index (κ2) is 10.1. The van der Waals surface area contributed by atoms with Gasteiger partial charge in [-0.25, -0.2) is 0 Å². The minimum Gasteiger partial charge on any atom is -0.469 e. The van der Waals surface area contributed by atoms with Crippen LogP contribution >= 0.6 is 0 Å². The molecule has 0 unspecified atom stereocenters. The van der Waals surface area contributed by atoms with E-state index in [4.69, 9.17) is 10.5 Å². The van der Waals surface area contributed by atoms with Crippen molar-refractivity contribution in [1.29, 1.82) is 0 Å². The zero-order chi connectivity index (χ0) is 32.1. The van der Waals surface area contributed by atoms with E-state index in [9.17, 15) is 14.4 Å². The molecule has 44 heavy (non-hydrogen) atoms. The zero-order valence-corrected chi connectivity index (χ0v) is 28.4. The van der Waals surface area contributed by atoms with E-state index in [2.05, 4.69) is 54.5 Å². The molecular weight excluding hydrogens is 546 g/mol. The molecule has 0 bridgehead atoms. The molecule has 4 fully saturated rings. The molecule has 4 saturated carbocycles. The molecule has 0 heterocycles. The minimum absolute atomic E-state index is 0.0828. The summed E-state index contributed by atoms with van der Waals surface area (Å²) >= 11 is 0. The monoisotopic (exact) mass is 601 g/mol. The van der Waals surface area contributed by atoms with Crippen molar-refractivity contribution in [3.63, 3.8) is 0 Å². The van der Waals surface area contributed by atoms with Crippen LogP contribution in [0.5, 0.6) is 0 Å². The summed E-state index contributed by atoms with van der Waals surface area (Å²) in [6.45, 7) is 16.3. The lowest BCUT2D eigenvalue weighted by Crippen LogP contribution is -2.66. The fourth-order valence-corrected chi connectivity index (χ4v) is 12.2. The van der Waals surface area contributed by atoms with Crippen LogP contribution in [0.1, 0.15) is 118 Å². The predicted molar refractivity (Wildman–Crippen MR) is 173 cm³/mol. The number of benzene rings is 1. The first-order valence-corrected chi connectivity index (χ1v) is 17.2. The third-order valence-corrected chi connectivity index (χ3v) is 15.1. The highest BCUT2D eigenvalue weighted by Crippen LogP contribution is 2.75. The highest BCUT2D eigenvalue weighted by Gasteiger charge is 2.70. The van der Waals surface area contributed by atoms with Crippen molar-refractivity contribution in [2.75, 3.05) is 7.11 Å². The molecule has 0 aliphatic heterocycles. The van der Waals surface area contributed by atoms with Gasteiger partial charge in [0.2, 0.25) is 0 Å². The molecule has 5 heteroatoms. The molecule has 5 aliphatic carbocycles. The van der Waals surface area contributed by atoms with E-state index in [1.165, 1.54) is 12.7 Å². The van der Waals surface area contributed by atoms with Gasteiger partial charge in [0.15, 0.2) is 11.6 Å². The van der Waals surface area contributed by atoms with Crippen LogP contribution in [0.15, 0.2) is 42.0 Å². The fraction of sp³-hybridized carbons (Fsp3) is 0.718. The molecule has 10 atom stereocenters. The Bertz CT molecular complexity index is 1400. The first-order chi connectivity index (χ1) is 20.5. The Hall–Kier alpha value is -2.27. The van der Waals surface area contributed by atoms with Gasteiger partial charge < -0.3 is 10.5 Å². The normalized spacial score (nSPS) is 45.0. The van der Waals surface area contributed by atoms with Gasteiger partial charge in [0.1, 0.15) is 0 Å². The van der Waals surface area contributed by atoms with Gasteiger partial charge in [-0.15, -0.1) is 0 Å². The summed E-state index contributed by atoms with van der Waals surface area (Å²) in [5, 5.41) is 0. The zero-order valence-electron chi connectivity index (χ0n) is 28.4. The van der Waals surface area contributed by atoms with Crippen LogP contribution < -0.4 is 5.73 Å². The molecule has 1 aromatic carbocycles. The summed E-state index contributed by atoms with van der Waals surface area (Å²) in [6, 6.07) is 9.13. The maximum absolute atomic E-state index is 14.7. The van der Waals surface area contributed by atoms with Crippen molar-refractivity contribution in [3.8, 4) is 0 Å². The van der Waals surface area contributed by atoms with Gasteiger partial charge in [-0.1, -0.05) is 77.4 Å². The largest absolute Gasteiger partial charge is 0.469 e. The van der Waals surface area contributed by atoms with E-state index >= 15 is 0 Å². The Balaban J connectivity index is 1.36. The summed E-state index contributed by atoms with van der Waals surface area (Å²) in [5.41, 5.74) is 7.63. The quantitative estimate of drug-likeness (QED) is 0.353. The number of allylic oxidation sites excluding steroid dienone is 2. The topological polar surface area (TPSA) is 86.5 Å². The molecule has 5 nitrogen and oxygen atoms in total. The van der Waals surface area contributed by atoms with Crippen LogP contribution in [-0.4, -0.2) is 24.6 Å². The lowest BCUT2D eigenvalue weighted by molar-refractivity contribution is -0.194. The van der Waals surface area contributed by atoms with E-state index in [0.717, 1.165) is 63.4 Å². The molecule has 2 N–H and O–H groups in total. The smallest absolute Gasteiger partial charge is 0.311 e. The SMILES string of the molecule is COC(=O)[C@@]1(C)CC[C@]2(C)CC[C@]3(C)C(=CC(=O)[C@@H]4[C@@]5(C)CC[C@H](C(=O)[C@@H](N)c6ccccc6)C(C)(C)[C@@H]5CC[C@]43C)[C@@H]2C1. The fourth-order valence-electron chi connectivity index (χ4n) is 12.2. The van der Waals surface area contributed by atoms with Crippen molar-refractivity contribution in [2.24, 2.45) is 61.9 Å². The van der Waals surface area contributed by atoms with Crippen molar-refractivity contribution in [1.82, 2.24) is 0 Å². The number of carbonyl (C=O) groups is 3. The number of Topliss-reactive ketones (excluding diaryl/α,β-unsaturated/α-hetero) is 1. The third kappa shape index (κ3) is 4.16. The second-order valence-corrected chi connectivity index (χ2v) is 17.4. The summed E-state index contributed by atoms with van der Waals surface area (Å²) in [4.78, 5) is 41.7. The molecular formula is C39H55NO4. The lowest BCUT2D eigenvalue weighted by Gasteiger charge is -2.70. The molecule has 6 rings (SSSR count). The number of carbonyl (C=O) groups excluding carboxylic acids is 3. The standard InChI is InChI=1S/C39H55NO4/c1-34(2)25(31(42)30(40)24-12-10-9-11-13-24)14-16-37(5)29(34)15-17-39(7)32(37)28(41)22-26-27-23-36(4,33(43)44-8)19-18-35(27,3)20-21-38(26,39)6/h9-13,22,25,27,29-30,32H,14-21,23,40H2,1-8H3/t25-,27+,29+,30+,32-,35-,36+,37+,38-,39-/m1/s1. The minimum atomic E-state index is -0.623. The Morgan fingerprint density at radius 1 is 0.886 bits per heavy atom. The van der Waals surface area contributed by atoms with E-state index in [0.29, 0.717) is 0 Å². The van der Waals surface area contributed by atoms with E-state index in [1.807, 2.05) is 30.3 Å². The summed E-state index contributed by atoms with van der Waals surface area (Å²) in [5.74, 6) is 0.548. The molecule has 0 amide bonds. The maximum Gasteiger partial charge on any atom is 0.311 e. The molecule has 0 radical (unpaired) electrons. The van der Waals surface area contributed by atoms with Gasteiger partial charge in [-0.05, 0) is 115 Å². The van der Waals surface area contributed by atoms with Crippen molar-refractivity contribution in [3.05, 3.63) is 47.5 Å². The highest BCUT2D eigenvalue weighted by atomic mass is 16.5. The van der Waals surface area contributed by atoms with Crippen molar-refractivity contribution >= 4 is 17.5 Å². The van der Waals surface area contributed by atoms with Gasteiger partial charge >= 0.3 is 5.97 Å². The number of ketones is 2. The second-order valence-electron chi connectivity index (χ2n) is 17.4. The van der Waals surface area contributed by atoms with Gasteiger partial charge in [0.05, 0.1) is 18.6 Å². The molecule has 0 aromatic heterocycles. The average Bonchev–Trinajstić information content (AvgIpc) is 2.98. The molecule has 0 saturated heterocycles. The Morgan fingerprint density at radius 2 is 1.55 bits per heavy atom. The number of nitrogens with two attached hydrogens (primary N) is 1. The summed E-state index contributed by atoms with van der Waals surface area (Å²) in [6.07, 6.45) is 10.5. The van der Waals surface area contributed by atoms with Gasteiger partial charge in [-0.2, -0.15) is 0 Å². The Labute approximate surface area is 265 Å². The van der Waals surface area contributed by atoms with Gasteiger partial charge in [0, 0.05) is 11.8 Å². The predicted octanol–water partition coefficient (Wildman–Crippen LogP) is 8.03. The number of hydrogen-bond donors (Lipinski definition) is 1. The third-order valence-electron chi connectivity index (χ3n) is 15.1. The number of rotatable bonds is 4. The van der Waals surface area contributed by atoms with Crippen LogP contribution in [0.25, 0.3) is 0 Å². The molecule has 0 spiro atoms.